The van der Waals surface area contributed by atoms with E-state index in [0.717, 1.165) is 12.0 Å². The van der Waals surface area contributed by atoms with Gasteiger partial charge in [-0.15, -0.1) is 10.2 Å². The van der Waals surface area contributed by atoms with Gasteiger partial charge in [-0.25, -0.2) is 4.79 Å². The van der Waals surface area contributed by atoms with Gasteiger partial charge >= 0.3 is 6.03 Å². The van der Waals surface area contributed by atoms with E-state index in [4.69, 9.17) is 4.74 Å². The summed E-state index contributed by atoms with van der Waals surface area (Å²) in [7, 11) is 1.59. The number of hydrogen-bond acceptors (Lipinski definition) is 6. The van der Waals surface area contributed by atoms with Gasteiger partial charge in [0.25, 0.3) is 0 Å². The molecule has 0 radical (unpaired) electrons. The van der Waals surface area contributed by atoms with E-state index >= 15 is 0 Å². The topological polar surface area (TPSA) is 89.0 Å². The van der Waals surface area contributed by atoms with Crippen molar-refractivity contribution >= 4 is 28.2 Å². The molecule has 1 aromatic carbocycles. The maximum atomic E-state index is 12.3. The van der Waals surface area contributed by atoms with Crippen molar-refractivity contribution in [1.82, 2.24) is 15.2 Å². The molecule has 3 aromatic rings. The van der Waals surface area contributed by atoms with Crippen molar-refractivity contribution in [3.8, 4) is 16.3 Å². The SMILES string of the molecule is COc1cc(CC(C)C)ccc1NC(=O)Nc1nnc(-c2ccncc2)s1. The van der Waals surface area contributed by atoms with Gasteiger partial charge in [0.1, 0.15) is 10.8 Å². The number of anilines is 2. The molecule has 0 aliphatic heterocycles. The van der Waals surface area contributed by atoms with Crippen LogP contribution in [0.15, 0.2) is 42.7 Å². The number of rotatable bonds is 6. The Kier molecular flexibility index (Phi) is 5.97. The third-order valence-electron chi connectivity index (χ3n) is 3.73. The number of carbonyl (C=O) groups is 1. The van der Waals surface area contributed by atoms with Crippen molar-refractivity contribution in [3.05, 3.63) is 48.3 Å². The number of methoxy groups -OCH3 is 1. The fourth-order valence-corrected chi connectivity index (χ4v) is 3.32. The molecule has 2 aromatic heterocycles. The molecule has 27 heavy (non-hydrogen) atoms. The molecule has 0 atom stereocenters. The Morgan fingerprint density at radius 2 is 1.93 bits per heavy atom. The number of amides is 2. The van der Waals surface area contributed by atoms with E-state index in [1.807, 2.05) is 30.3 Å². The number of urea groups is 1. The van der Waals surface area contributed by atoms with E-state index in [0.29, 0.717) is 27.5 Å². The molecular weight excluding hydrogens is 362 g/mol. The van der Waals surface area contributed by atoms with Gasteiger partial charge in [-0.05, 0) is 42.2 Å². The fraction of sp³-hybridized carbons (Fsp3) is 0.263. The number of aromatic nitrogens is 3. The largest absolute Gasteiger partial charge is 0.495 e. The Morgan fingerprint density at radius 3 is 2.63 bits per heavy atom. The molecule has 0 bridgehead atoms. The molecule has 0 unspecified atom stereocenters. The molecule has 2 N–H and O–H groups in total. The molecule has 0 spiro atoms. The van der Waals surface area contributed by atoms with Gasteiger partial charge in [-0.2, -0.15) is 0 Å². The first-order chi connectivity index (χ1) is 13.0. The van der Waals surface area contributed by atoms with E-state index in [9.17, 15) is 4.79 Å². The Labute approximate surface area is 161 Å². The van der Waals surface area contributed by atoms with Crippen LogP contribution in [-0.4, -0.2) is 28.3 Å². The van der Waals surface area contributed by atoms with Gasteiger partial charge in [-0.1, -0.05) is 31.3 Å². The summed E-state index contributed by atoms with van der Waals surface area (Å²) in [5.74, 6) is 1.17. The molecule has 0 aliphatic carbocycles. The molecule has 140 valence electrons. The molecular formula is C19H21N5O2S. The average Bonchev–Trinajstić information content (AvgIpc) is 3.11. The number of nitrogens with zero attached hydrogens (tertiary/aromatic N) is 3. The summed E-state index contributed by atoms with van der Waals surface area (Å²) in [6, 6.07) is 9.06. The molecule has 8 heteroatoms. The predicted octanol–water partition coefficient (Wildman–Crippen LogP) is 4.45. The normalized spacial score (nSPS) is 10.7. The van der Waals surface area contributed by atoms with Crippen molar-refractivity contribution in [2.45, 2.75) is 20.3 Å². The van der Waals surface area contributed by atoms with Crippen LogP contribution in [-0.2, 0) is 6.42 Å². The van der Waals surface area contributed by atoms with Crippen molar-refractivity contribution in [2.24, 2.45) is 5.92 Å². The highest BCUT2D eigenvalue weighted by molar-refractivity contribution is 7.18. The maximum absolute atomic E-state index is 12.3. The van der Waals surface area contributed by atoms with E-state index in [2.05, 4.69) is 39.7 Å². The van der Waals surface area contributed by atoms with Crippen LogP contribution >= 0.6 is 11.3 Å². The highest BCUT2D eigenvalue weighted by atomic mass is 32.1. The highest BCUT2D eigenvalue weighted by Crippen LogP contribution is 2.28. The lowest BCUT2D eigenvalue weighted by Gasteiger charge is -2.13. The van der Waals surface area contributed by atoms with Crippen LogP contribution in [0.4, 0.5) is 15.6 Å². The summed E-state index contributed by atoms with van der Waals surface area (Å²) in [6.07, 6.45) is 4.32. The van der Waals surface area contributed by atoms with Crippen LogP contribution < -0.4 is 15.4 Å². The lowest BCUT2D eigenvalue weighted by Crippen LogP contribution is -2.19. The van der Waals surface area contributed by atoms with Crippen molar-refractivity contribution < 1.29 is 9.53 Å². The number of hydrogen-bond donors (Lipinski definition) is 2. The van der Waals surface area contributed by atoms with Crippen LogP contribution in [0.5, 0.6) is 5.75 Å². The monoisotopic (exact) mass is 383 g/mol. The van der Waals surface area contributed by atoms with Gasteiger partial charge in [0.15, 0.2) is 0 Å². The third kappa shape index (κ3) is 5.01. The van der Waals surface area contributed by atoms with Crippen molar-refractivity contribution in [1.29, 1.82) is 0 Å². The maximum Gasteiger partial charge on any atom is 0.325 e. The zero-order chi connectivity index (χ0) is 19.2. The first-order valence-electron chi connectivity index (χ1n) is 8.54. The van der Waals surface area contributed by atoms with Gasteiger partial charge in [-0.3, -0.25) is 10.3 Å². The smallest absolute Gasteiger partial charge is 0.325 e. The number of nitrogens with one attached hydrogen (secondary N) is 2. The standard InChI is InChI=1S/C19H21N5O2S/c1-12(2)10-13-4-5-15(16(11-13)26-3)21-18(25)22-19-24-23-17(27-19)14-6-8-20-9-7-14/h4-9,11-12H,10H2,1-3H3,(H2,21,22,24,25). The first-order valence-corrected chi connectivity index (χ1v) is 9.35. The zero-order valence-corrected chi connectivity index (χ0v) is 16.2. The molecule has 2 heterocycles. The predicted molar refractivity (Wildman–Crippen MR) is 107 cm³/mol. The summed E-state index contributed by atoms with van der Waals surface area (Å²) in [5, 5.41) is 14.7. The number of ether oxygens (including phenoxy) is 1. The molecule has 7 nitrogen and oxygen atoms in total. The number of carbonyl (C=O) groups excluding carboxylic acids is 1. The van der Waals surface area contributed by atoms with Gasteiger partial charge < -0.3 is 10.1 Å². The Hall–Kier alpha value is -3.00. The summed E-state index contributed by atoms with van der Waals surface area (Å²) in [6.45, 7) is 4.32. The molecule has 0 aliphatic rings. The van der Waals surface area contributed by atoms with Crippen LogP contribution in [0.3, 0.4) is 0 Å². The summed E-state index contributed by atoms with van der Waals surface area (Å²) >= 11 is 1.29. The van der Waals surface area contributed by atoms with Gasteiger partial charge in [0, 0.05) is 18.0 Å². The van der Waals surface area contributed by atoms with E-state index < -0.39 is 6.03 Å². The quantitative estimate of drug-likeness (QED) is 0.656. The second-order valence-electron chi connectivity index (χ2n) is 6.36. The number of pyridine rings is 1. The van der Waals surface area contributed by atoms with Crippen molar-refractivity contribution in [3.63, 3.8) is 0 Å². The summed E-state index contributed by atoms with van der Waals surface area (Å²) in [5.41, 5.74) is 2.67. The van der Waals surface area contributed by atoms with Crippen LogP contribution in [0.25, 0.3) is 10.6 Å². The minimum absolute atomic E-state index is 0.401. The lowest BCUT2D eigenvalue weighted by molar-refractivity contribution is 0.262. The fourth-order valence-electron chi connectivity index (χ4n) is 2.57. The van der Waals surface area contributed by atoms with Crippen LogP contribution in [0, 0.1) is 5.92 Å². The average molecular weight is 383 g/mol. The first kappa shape index (κ1) is 18.8. The molecule has 0 saturated carbocycles. The van der Waals surface area contributed by atoms with E-state index in [-0.39, 0.29) is 0 Å². The molecule has 3 rings (SSSR count). The highest BCUT2D eigenvalue weighted by Gasteiger charge is 2.12. The Morgan fingerprint density at radius 1 is 1.15 bits per heavy atom. The Bertz CT molecular complexity index is 911. The summed E-state index contributed by atoms with van der Waals surface area (Å²) < 4.78 is 5.41. The third-order valence-corrected chi connectivity index (χ3v) is 4.62. The number of benzene rings is 1. The van der Waals surface area contributed by atoms with E-state index in [1.165, 1.54) is 16.9 Å². The molecule has 2 amide bonds. The summed E-state index contributed by atoms with van der Waals surface area (Å²) in [4.78, 5) is 16.3. The van der Waals surface area contributed by atoms with Gasteiger partial charge in [0.2, 0.25) is 5.13 Å². The van der Waals surface area contributed by atoms with Gasteiger partial charge in [0.05, 0.1) is 12.8 Å². The minimum atomic E-state index is -0.401. The zero-order valence-electron chi connectivity index (χ0n) is 15.4. The lowest BCUT2D eigenvalue weighted by atomic mass is 10.0. The minimum Gasteiger partial charge on any atom is -0.495 e. The second-order valence-corrected chi connectivity index (χ2v) is 7.34. The van der Waals surface area contributed by atoms with E-state index in [1.54, 1.807) is 19.5 Å². The van der Waals surface area contributed by atoms with Crippen LogP contribution in [0.1, 0.15) is 19.4 Å². The Balaban J connectivity index is 1.66. The van der Waals surface area contributed by atoms with Crippen molar-refractivity contribution in [2.75, 3.05) is 17.7 Å². The molecule has 0 fully saturated rings. The molecule has 0 saturated heterocycles. The van der Waals surface area contributed by atoms with Crippen LogP contribution in [0.2, 0.25) is 0 Å². The second kappa shape index (κ2) is 8.59.